The summed E-state index contributed by atoms with van der Waals surface area (Å²) < 4.78 is 5.30. The predicted octanol–water partition coefficient (Wildman–Crippen LogP) is -0.199. The monoisotopic (exact) mass is 228 g/mol. The summed E-state index contributed by atoms with van der Waals surface area (Å²) in [7, 11) is 1.62. The van der Waals surface area contributed by atoms with Gasteiger partial charge in [-0.2, -0.15) is 0 Å². The third kappa shape index (κ3) is 3.28. The molecule has 16 heavy (non-hydrogen) atoms. The van der Waals surface area contributed by atoms with Crippen LogP contribution in [0.25, 0.3) is 0 Å². The van der Waals surface area contributed by atoms with Crippen molar-refractivity contribution in [2.24, 2.45) is 0 Å². The summed E-state index contributed by atoms with van der Waals surface area (Å²) in [6.07, 6.45) is 0.480. The van der Waals surface area contributed by atoms with Gasteiger partial charge in [-0.05, 0) is 13.8 Å². The molecule has 1 N–H and O–H groups in total. The van der Waals surface area contributed by atoms with E-state index in [-0.39, 0.29) is 23.8 Å². The van der Waals surface area contributed by atoms with Gasteiger partial charge >= 0.3 is 0 Å². The maximum Gasteiger partial charge on any atom is 0.239 e. The van der Waals surface area contributed by atoms with Crippen LogP contribution in [0.4, 0.5) is 0 Å². The molecular weight excluding hydrogens is 208 g/mol. The molecule has 0 spiro atoms. The lowest BCUT2D eigenvalue weighted by molar-refractivity contribution is -0.135. The molecule has 0 saturated carbocycles. The molecule has 0 aromatic carbocycles. The molecule has 1 amide bonds. The average Bonchev–Trinajstić information content (AvgIpc) is 2.27. The highest BCUT2D eigenvalue weighted by molar-refractivity contribution is 5.82. The van der Waals surface area contributed by atoms with Gasteiger partial charge in [-0.25, -0.2) is 0 Å². The molecule has 1 heterocycles. The number of carbonyl (C=O) groups excluding carboxylic acids is 2. The van der Waals surface area contributed by atoms with E-state index in [4.69, 9.17) is 4.74 Å². The molecule has 2 unspecified atom stereocenters. The van der Waals surface area contributed by atoms with E-state index >= 15 is 0 Å². The molecule has 0 aliphatic carbocycles. The van der Waals surface area contributed by atoms with Gasteiger partial charge in [-0.3, -0.25) is 14.5 Å². The number of ketones is 1. The Labute approximate surface area is 96.1 Å². The Morgan fingerprint density at radius 3 is 2.81 bits per heavy atom. The number of hydrogen-bond donors (Lipinski definition) is 1. The Bertz CT molecular complexity index is 268. The molecule has 5 heteroatoms. The van der Waals surface area contributed by atoms with Crippen LogP contribution < -0.4 is 5.32 Å². The standard InChI is InChI=1S/C11H20N2O3/c1-8(6-9(2)14)13-4-5-16-7-10(13)11(15)12-3/h8,10H,4-7H2,1-3H3,(H,12,15). The first-order chi connectivity index (χ1) is 7.56. The van der Waals surface area contributed by atoms with Crippen LogP contribution in [0.5, 0.6) is 0 Å². The summed E-state index contributed by atoms with van der Waals surface area (Å²) >= 11 is 0. The van der Waals surface area contributed by atoms with Gasteiger partial charge in [-0.15, -0.1) is 0 Å². The van der Waals surface area contributed by atoms with Gasteiger partial charge in [0.1, 0.15) is 11.8 Å². The van der Waals surface area contributed by atoms with Gasteiger partial charge < -0.3 is 10.1 Å². The zero-order valence-corrected chi connectivity index (χ0v) is 10.2. The van der Waals surface area contributed by atoms with Gasteiger partial charge in [-0.1, -0.05) is 0 Å². The second-order valence-electron chi connectivity index (χ2n) is 4.20. The third-order valence-corrected chi connectivity index (χ3v) is 2.87. The van der Waals surface area contributed by atoms with Crippen LogP contribution in [0, 0.1) is 0 Å². The van der Waals surface area contributed by atoms with Gasteiger partial charge in [0.2, 0.25) is 5.91 Å². The Morgan fingerprint density at radius 1 is 1.56 bits per heavy atom. The van der Waals surface area contributed by atoms with Crippen molar-refractivity contribution in [2.45, 2.75) is 32.4 Å². The van der Waals surface area contributed by atoms with Crippen LogP contribution in [0.1, 0.15) is 20.3 Å². The second kappa shape index (κ2) is 5.96. The number of morpholine rings is 1. The van der Waals surface area contributed by atoms with Crippen molar-refractivity contribution in [3.8, 4) is 0 Å². The van der Waals surface area contributed by atoms with Crippen molar-refractivity contribution in [1.82, 2.24) is 10.2 Å². The van der Waals surface area contributed by atoms with Crippen molar-refractivity contribution in [2.75, 3.05) is 26.8 Å². The minimum atomic E-state index is -0.270. The lowest BCUT2D eigenvalue weighted by Gasteiger charge is -2.38. The molecule has 92 valence electrons. The number of carbonyl (C=O) groups is 2. The largest absolute Gasteiger partial charge is 0.378 e. The highest BCUT2D eigenvalue weighted by atomic mass is 16.5. The van der Waals surface area contributed by atoms with Crippen molar-refractivity contribution in [1.29, 1.82) is 0 Å². The Morgan fingerprint density at radius 2 is 2.25 bits per heavy atom. The van der Waals surface area contributed by atoms with E-state index in [0.29, 0.717) is 26.2 Å². The second-order valence-corrected chi connectivity index (χ2v) is 4.20. The van der Waals surface area contributed by atoms with E-state index < -0.39 is 0 Å². The van der Waals surface area contributed by atoms with E-state index in [9.17, 15) is 9.59 Å². The van der Waals surface area contributed by atoms with E-state index in [1.54, 1.807) is 14.0 Å². The molecule has 0 radical (unpaired) electrons. The molecule has 5 nitrogen and oxygen atoms in total. The van der Waals surface area contributed by atoms with Crippen LogP contribution in [0.3, 0.4) is 0 Å². The number of ether oxygens (including phenoxy) is 1. The van der Waals surface area contributed by atoms with Gasteiger partial charge in [0.15, 0.2) is 0 Å². The normalized spacial score (nSPS) is 23.8. The van der Waals surface area contributed by atoms with Crippen molar-refractivity contribution in [3.05, 3.63) is 0 Å². The lowest BCUT2D eigenvalue weighted by Crippen LogP contribution is -2.56. The van der Waals surface area contributed by atoms with Gasteiger partial charge in [0.05, 0.1) is 13.2 Å². The number of hydrogen-bond acceptors (Lipinski definition) is 4. The topological polar surface area (TPSA) is 58.6 Å². The predicted molar refractivity (Wildman–Crippen MR) is 60.1 cm³/mol. The number of Topliss-reactive ketones (excluding diaryl/α,β-unsaturated/α-hetero) is 1. The summed E-state index contributed by atoms with van der Waals surface area (Å²) in [5.41, 5.74) is 0. The molecule has 1 aliphatic rings. The van der Waals surface area contributed by atoms with Crippen LogP contribution in [-0.2, 0) is 14.3 Å². The molecular formula is C11H20N2O3. The summed E-state index contributed by atoms with van der Waals surface area (Å²) in [4.78, 5) is 24.8. The molecule has 1 saturated heterocycles. The number of amides is 1. The van der Waals surface area contributed by atoms with Crippen LogP contribution in [0.15, 0.2) is 0 Å². The lowest BCUT2D eigenvalue weighted by atomic mass is 10.1. The fourth-order valence-electron chi connectivity index (χ4n) is 2.07. The first-order valence-electron chi connectivity index (χ1n) is 5.60. The summed E-state index contributed by atoms with van der Waals surface area (Å²) in [6.45, 7) is 5.28. The average molecular weight is 228 g/mol. The smallest absolute Gasteiger partial charge is 0.239 e. The minimum absolute atomic E-state index is 0.0462. The number of nitrogens with one attached hydrogen (secondary N) is 1. The number of rotatable bonds is 4. The summed E-state index contributed by atoms with van der Waals surface area (Å²) in [5, 5.41) is 2.63. The Kier molecular flexibility index (Phi) is 4.89. The number of nitrogens with zero attached hydrogens (tertiary/aromatic N) is 1. The number of likely N-dealkylation sites (N-methyl/N-ethyl adjacent to an activating group) is 1. The third-order valence-electron chi connectivity index (χ3n) is 2.87. The molecule has 0 bridgehead atoms. The van der Waals surface area contributed by atoms with E-state index in [1.807, 2.05) is 11.8 Å². The van der Waals surface area contributed by atoms with Crippen LogP contribution in [0.2, 0.25) is 0 Å². The van der Waals surface area contributed by atoms with Crippen molar-refractivity contribution in [3.63, 3.8) is 0 Å². The molecule has 2 atom stereocenters. The first-order valence-corrected chi connectivity index (χ1v) is 5.60. The molecule has 1 fully saturated rings. The maximum atomic E-state index is 11.6. The zero-order valence-electron chi connectivity index (χ0n) is 10.2. The molecule has 0 aromatic rings. The molecule has 1 aliphatic heterocycles. The van der Waals surface area contributed by atoms with Crippen LogP contribution >= 0.6 is 0 Å². The Balaban J connectivity index is 2.65. The van der Waals surface area contributed by atoms with E-state index in [2.05, 4.69) is 5.32 Å². The van der Waals surface area contributed by atoms with Crippen molar-refractivity contribution >= 4 is 11.7 Å². The fraction of sp³-hybridized carbons (Fsp3) is 0.818. The molecule has 0 aromatic heterocycles. The van der Waals surface area contributed by atoms with Gasteiger partial charge in [0.25, 0.3) is 0 Å². The summed E-state index contributed by atoms with van der Waals surface area (Å²) in [6, 6.07) is -0.184. The first kappa shape index (κ1) is 13.1. The molecule has 1 rings (SSSR count). The highest BCUT2D eigenvalue weighted by Crippen LogP contribution is 2.14. The van der Waals surface area contributed by atoms with Gasteiger partial charge in [0, 0.05) is 26.1 Å². The maximum absolute atomic E-state index is 11.6. The minimum Gasteiger partial charge on any atom is -0.378 e. The van der Waals surface area contributed by atoms with E-state index in [1.165, 1.54) is 0 Å². The van der Waals surface area contributed by atoms with Crippen molar-refractivity contribution < 1.29 is 14.3 Å². The zero-order chi connectivity index (χ0) is 12.1. The highest BCUT2D eigenvalue weighted by Gasteiger charge is 2.32. The fourth-order valence-corrected chi connectivity index (χ4v) is 2.07. The summed E-state index contributed by atoms with van der Waals surface area (Å²) in [5.74, 6) is 0.102. The SMILES string of the molecule is CNC(=O)C1COCCN1C(C)CC(C)=O. The van der Waals surface area contributed by atoms with Crippen LogP contribution in [-0.4, -0.2) is 55.5 Å². The quantitative estimate of drug-likeness (QED) is 0.724. The van der Waals surface area contributed by atoms with E-state index in [0.717, 1.165) is 0 Å². The Hall–Kier alpha value is -0.940.